The molecule has 0 aliphatic heterocycles. The number of benzene rings is 3. The number of hydrogen-bond donors (Lipinski definition) is 2. The number of anilines is 1. The summed E-state index contributed by atoms with van der Waals surface area (Å²) < 4.78 is 38.3. The molecule has 0 aromatic heterocycles. The Kier molecular flexibility index (Phi) is 7.93. The van der Waals surface area contributed by atoms with Gasteiger partial charge in [0.2, 0.25) is 16.1 Å². The van der Waals surface area contributed by atoms with E-state index in [1.54, 1.807) is 82.5 Å². The molecule has 3 aromatic rings. The Balaban J connectivity index is 1.79. The van der Waals surface area contributed by atoms with Crippen LogP contribution in [0.2, 0.25) is 0 Å². The van der Waals surface area contributed by atoms with E-state index in [1.807, 2.05) is 0 Å². The molecule has 0 radical (unpaired) electrons. The second-order valence-electron chi connectivity index (χ2n) is 8.79. The van der Waals surface area contributed by atoms with Crippen molar-refractivity contribution in [3.63, 3.8) is 0 Å². The highest BCUT2D eigenvalue weighted by molar-refractivity contribution is 7.89. The van der Waals surface area contributed by atoms with Crippen LogP contribution in [-0.4, -0.2) is 32.9 Å². The lowest BCUT2D eigenvalue weighted by Crippen LogP contribution is -2.40. The molecule has 0 bridgehead atoms. The second kappa shape index (κ2) is 10.7. The van der Waals surface area contributed by atoms with Crippen LogP contribution in [0.4, 0.5) is 5.69 Å². The number of hydrogen-bond acceptors (Lipinski definition) is 6. The molecule has 0 spiro atoms. The number of amides is 1. The van der Waals surface area contributed by atoms with Gasteiger partial charge in [0, 0.05) is 16.8 Å². The highest BCUT2D eigenvalue weighted by Gasteiger charge is 2.27. The summed E-state index contributed by atoms with van der Waals surface area (Å²) in [6.07, 6.45) is -1.23. The second-order valence-corrected chi connectivity index (χ2v) is 10.5. The Morgan fingerprint density at radius 2 is 1.46 bits per heavy atom. The number of ether oxygens (including phenoxy) is 2. The molecule has 2 N–H and O–H groups in total. The van der Waals surface area contributed by atoms with Crippen molar-refractivity contribution in [3.8, 4) is 5.75 Å². The fraction of sp³-hybridized carbons (Fsp3) is 0.231. The van der Waals surface area contributed by atoms with Crippen molar-refractivity contribution in [2.45, 2.75) is 37.3 Å². The summed E-state index contributed by atoms with van der Waals surface area (Å²) in [7, 11) is -2.21. The van der Waals surface area contributed by atoms with Gasteiger partial charge >= 0.3 is 5.97 Å². The van der Waals surface area contributed by atoms with Crippen LogP contribution in [0.25, 0.3) is 0 Å². The average Bonchev–Trinajstić information content (AvgIpc) is 2.82. The molecule has 0 aliphatic carbocycles. The number of esters is 1. The minimum atomic E-state index is -3.75. The van der Waals surface area contributed by atoms with Crippen molar-refractivity contribution in [1.82, 2.24) is 4.72 Å². The Labute approximate surface area is 205 Å². The number of carbonyl (C=O) groups is 2. The highest BCUT2D eigenvalue weighted by Crippen LogP contribution is 2.23. The van der Waals surface area contributed by atoms with Crippen molar-refractivity contribution < 1.29 is 27.5 Å². The Morgan fingerprint density at radius 3 is 2.00 bits per heavy atom. The SMILES string of the molecule is COc1ccc(NC(=O)C(OC(=O)c2ccc(S(=O)(=O)NC(C)(C)C)cc2)c2ccccc2)cc1. The monoisotopic (exact) mass is 496 g/mol. The summed E-state index contributed by atoms with van der Waals surface area (Å²) in [6.45, 7) is 5.20. The van der Waals surface area contributed by atoms with Gasteiger partial charge in [-0.2, -0.15) is 0 Å². The van der Waals surface area contributed by atoms with Crippen LogP contribution in [0.3, 0.4) is 0 Å². The molecule has 0 heterocycles. The number of nitrogens with one attached hydrogen (secondary N) is 2. The van der Waals surface area contributed by atoms with Crippen molar-refractivity contribution in [2.24, 2.45) is 0 Å². The zero-order valence-corrected chi connectivity index (χ0v) is 20.8. The lowest BCUT2D eigenvalue weighted by Gasteiger charge is -2.20. The summed E-state index contributed by atoms with van der Waals surface area (Å²) in [5, 5.41) is 2.74. The third-order valence-corrected chi connectivity index (χ3v) is 6.54. The van der Waals surface area contributed by atoms with Gasteiger partial charge in [-0.3, -0.25) is 4.79 Å². The van der Waals surface area contributed by atoms with Crippen molar-refractivity contribution in [2.75, 3.05) is 12.4 Å². The Morgan fingerprint density at radius 1 is 0.857 bits per heavy atom. The summed E-state index contributed by atoms with van der Waals surface area (Å²) in [5.74, 6) is -0.669. The molecule has 0 saturated heterocycles. The third-order valence-electron chi connectivity index (χ3n) is 4.76. The lowest BCUT2D eigenvalue weighted by molar-refractivity contribution is -0.125. The molecule has 1 atom stereocenters. The number of methoxy groups -OCH3 is 1. The number of sulfonamides is 1. The first-order valence-electron chi connectivity index (χ1n) is 10.8. The van der Waals surface area contributed by atoms with Gasteiger partial charge in [-0.25, -0.2) is 17.9 Å². The molecular formula is C26H28N2O6S. The molecule has 0 fully saturated rings. The third kappa shape index (κ3) is 7.14. The van der Waals surface area contributed by atoms with E-state index in [4.69, 9.17) is 9.47 Å². The van der Waals surface area contributed by atoms with E-state index in [0.29, 0.717) is 17.0 Å². The summed E-state index contributed by atoms with van der Waals surface area (Å²) in [4.78, 5) is 25.9. The molecular weight excluding hydrogens is 468 g/mol. The van der Waals surface area contributed by atoms with Crippen LogP contribution in [0.1, 0.15) is 42.8 Å². The molecule has 0 aliphatic rings. The minimum absolute atomic E-state index is 0.0147. The van der Waals surface area contributed by atoms with E-state index in [2.05, 4.69) is 10.0 Å². The van der Waals surface area contributed by atoms with Crippen molar-refractivity contribution >= 4 is 27.6 Å². The largest absolute Gasteiger partial charge is 0.497 e. The van der Waals surface area contributed by atoms with Crippen LogP contribution < -0.4 is 14.8 Å². The van der Waals surface area contributed by atoms with E-state index in [-0.39, 0.29) is 10.5 Å². The summed E-state index contributed by atoms with van der Waals surface area (Å²) >= 11 is 0. The first-order chi connectivity index (χ1) is 16.5. The van der Waals surface area contributed by atoms with Crippen LogP contribution in [0.15, 0.2) is 83.8 Å². The standard InChI is InChI=1S/C26H28N2O6S/c1-26(2,3)28-35(31,32)22-16-10-19(11-17-22)25(30)34-23(18-8-6-5-7-9-18)24(29)27-20-12-14-21(33-4)15-13-20/h5-17,23,28H,1-4H3,(H,27,29). The molecule has 8 nitrogen and oxygen atoms in total. The van der Waals surface area contributed by atoms with Gasteiger partial charge in [0.25, 0.3) is 5.91 Å². The average molecular weight is 497 g/mol. The van der Waals surface area contributed by atoms with E-state index in [0.717, 1.165) is 0 Å². The summed E-state index contributed by atoms with van der Waals surface area (Å²) in [6, 6.07) is 20.7. The summed E-state index contributed by atoms with van der Waals surface area (Å²) in [5.41, 5.74) is 0.448. The highest BCUT2D eigenvalue weighted by atomic mass is 32.2. The zero-order chi connectivity index (χ0) is 25.6. The fourth-order valence-corrected chi connectivity index (χ4v) is 4.61. The molecule has 35 heavy (non-hydrogen) atoms. The van der Waals surface area contributed by atoms with Gasteiger partial charge in [0.1, 0.15) is 5.75 Å². The van der Waals surface area contributed by atoms with Gasteiger partial charge in [0.15, 0.2) is 0 Å². The Bertz CT molecular complexity index is 1270. The molecule has 3 rings (SSSR count). The normalized spacial score (nSPS) is 12.5. The van der Waals surface area contributed by atoms with Crippen molar-refractivity contribution in [1.29, 1.82) is 0 Å². The number of carbonyl (C=O) groups excluding carboxylic acids is 2. The smallest absolute Gasteiger partial charge is 0.339 e. The topological polar surface area (TPSA) is 111 Å². The molecule has 3 aromatic carbocycles. The fourth-order valence-electron chi connectivity index (χ4n) is 3.19. The van der Waals surface area contributed by atoms with Crippen LogP contribution in [-0.2, 0) is 19.6 Å². The molecule has 184 valence electrons. The number of rotatable bonds is 8. The maximum absolute atomic E-state index is 13.0. The van der Waals surface area contributed by atoms with Gasteiger partial charge < -0.3 is 14.8 Å². The van der Waals surface area contributed by atoms with Gasteiger partial charge in [-0.05, 0) is 69.3 Å². The zero-order valence-electron chi connectivity index (χ0n) is 19.9. The van der Waals surface area contributed by atoms with Crippen LogP contribution in [0.5, 0.6) is 5.75 Å². The maximum Gasteiger partial charge on any atom is 0.339 e. The first-order valence-corrected chi connectivity index (χ1v) is 12.3. The van der Waals surface area contributed by atoms with Gasteiger partial charge in [-0.1, -0.05) is 30.3 Å². The predicted octanol–water partition coefficient (Wildman–Crippen LogP) is 4.31. The minimum Gasteiger partial charge on any atom is -0.497 e. The molecule has 1 amide bonds. The van der Waals surface area contributed by atoms with Crippen LogP contribution in [0, 0.1) is 0 Å². The first kappa shape index (κ1) is 25.9. The Hall–Kier alpha value is -3.69. The molecule has 9 heteroatoms. The maximum atomic E-state index is 13.0. The van der Waals surface area contributed by atoms with Gasteiger partial charge in [-0.15, -0.1) is 0 Å². The van der Waals surface area contributed by atoms with E-state index < -0.39 is 33.5 Å². The van der Waals surface area contributed by atoms with E-state index in [1.165, 1.54) is 24.3 Å². The van der Waals surface area contributed by atoms with E-state index >= 15 is 0 Å². The van der Waals surface area contributed by atoms with E-state index in [9.17, 15) is 18.0 Å². The van der Waals surface area contributed by atoms with Gasteiger partial charge in [0.05, 0.1) is 17.6 Å². The lowest BCUT2D eigenvalue weighted by atomic mass is 10.1. The quantitative estimate of drug-likeness (QED) is 0.450. The molecule has 0 saturated carbocycles. The van der Waals surface area contributed by atoms with Crippen LogP contribution >= 0.6 is 0 Å². The predicted molar refractivity (Wildman–Crippen MR) is 133 cm³/mol. The molecule has 1 unspecified atom stereocenters. The van der Waals surface area contributed by atoms with Crippen molar-refractivity contribution in [3.05, 3.63) is 90.0 Å².